The van der Waals surface area contributed by atoms with Crippen molar-refractivity contribution in [3.63, 3.8) is 0 Å². The van der Waals surface area contributed by atoms with E-state index < -0.39 is 21.2 Å². The molecule has 0 aliphatic carbocycles. The maximum absolute atomic E-state index is 11.8. The molecule has 1 atom stereocenters. The minimum Gasteiger partial charge on any atom is -0.293 e. The highest BCUT2D eigenvalue weighted by molar-refractivity contribution is 7.87. The third-order valence-electron chi connectivity index (χ3n) is 2.08. The van der Waals surface area contributed by atoms with Crippen molar-refractivity contribution in [1.82, 2.24) is 0 Å². The maximum atomic E-state index is 11.8. The zero-order chi connectivity index (χ0) is 12.2. The molecule has 0 aliphatic heterocycles. The third kappa shape index (κ3) is 3.30. The van der Waals surface area contributed by atoms with Crippen LogP contribution in [-0.2, 0) is 10.1 Å². The second kappa shape index (κ2) is 5.43. The van der Waals surface area contributed by atoms with Gasteiger partial charge in [-0.05, 0) is 6.42 Å². The molecule has 0 fully saturated rings. The van der Waals surface area contributed by atoms with E-state index in [0.717, 1.165) is 0 Å². The molecular weight excluding hydrogens is 252 g/mol. The van der Waals surface area contributed by atoms with Gasteiger partial charge in [0.25, 0.3) is 10.1 Å². The van der Waals surface area contributed by atoms with Crippen LogP contribution in [-0.4, -0.2) is 29.9 Å². The molecule has 1 aromatic carbocycles. The van der Waals surface area contributed by atoms with E-state index in [9.17, 15) is 13.2 Å². The van der Waals surface area contributed by atoms with Crippen molar-refractivity contribution in [3.05, 3.63) is 35.9 Å². The summed E-state index contributed by atoms with van der Waals surface area (Å²) in [5.41, 5.74) is 0.246. The van der Waals surface area contributed by atoms with E-state index in [1.165, 1.54) is 12.1 Å². The highest BCUT2D eigenvalue weighted by Gasteiger charge is 2.30. The van der Waals surface area contributed by atoms with Gasteiger partial charge in [-0.25, -0.2) is 0 Å². The largest absolute Gasteiger partial charge is 0.293 e. The fraction of sp³-hybridized carbons (Fsp3) is 0.300. The molecule has 0 heterocycles. The SMILES string of the molecule is O=C(c1ccccc1)C(CCCl)S(=O)(=O)O. The van der Waals surface area contributed by atoms with Crippen LogP contribution in [0.3, 0.4) is 0 Å². The molecule has 6 heteroatoms. The predicted octanol–water partition coefficient (Wildman–Crippen LogP) is 1.75. The number of hydrogen-bond acceptors (Lipinski definition) is 3. The Kier molecular flexibility index (Phi) is 4.46. The molecule has 0 spiro atoms. The minimum atomic E-state index is -4.41. The topological polar surface area (TPSA) is 71.4 Å². The molecule has 1 unspecified atom stereocenters. The molecule has 0 amide bonds. The molecule has 88 valence electrons. The molecule has 0 aliphatic rings. The van der Waals surface area contributed by atoms with E-state index in [4.69, 9.17) is 16.2 Å². The first-order valence-electron chi connectivity index (χ1n) is 4.58. The van der Waals surface area contributed by atoms with E-state index in [0.29, 0.717) is 0 Å². The quantitative estimate of drug-likeness (QED) is 0.499. The van der Waals surface area contributed by atoms with Crippen molar-refractivity contribution in [2.24, 2.45) is 0 Å². The maximum Gasteiger partial charge on any atom is 0.275 e. The summed E-state index contributed by atoms with van der Waals surface area (Å²) in [7, 11) is -4.41. The van der Waals surface area contributed by atoms with Gasteiger partial charge in [0.05, 0.1) is 0 Å². The van der Waals surface area contributed by atoms with Crippen LogP contribution >= 0.6 is 11.6 Å². The number of rotatable bonds is 5. The Balaban J connectivity index is 3.02. The average Bonchev–Trinajstić information content (AvgIpc) is 2.25. The first-order valence-corrected chi connectivity index (χ1v) is 6.62. The van der Waals surface area contributed by atoms with E-state index in [1.54, 1.807) is 18.2 Å². The average molecular weight is 263 g/mol. The third-order valence-corrected chi connectivity index (χ3v) is 3.47. The highest BCUT2D eigenvalue weighted by Crippen LogP contribution is 2.13. The van der Waals surface area contributed by atoms with E-state index >= 15 is 0 Å². The van der Waals surface area contributed by atoms with Crippen molar-refractivity contribution in [2.75, 3.05) is 5.88 Å². The van der Waals surface area contributed by atoms with Crippen LogP contribution in [0.2, 0.25) is 0 Å². The van der Waals surface area contributed by atoms with Crippen molar-refractivity contribution in [2.45, 2.75) is 11.7 Å². The summed E-state index contributed by atoms with van der Waals surface area (Å²) in [4.78, 5) is 11.8. The number of halogens is 1. The highest BCUT2D eigenvalue weighted by atomic mass is 35.5. The van der Waals surface area contributed by atoms with Gasteiger partial charge in [0.2, 0.25) is 0 Å². The van der Waals surface area contributed by atoms with Crippen molar-refractivity contribution >= 4 is 27.5 Å². The van der Waals surface area contributed by atoms with Crippen LogP contribution in [0.4, 0.5) is 0 Å². The normalized spacial score (nSPS) is 13.4. The van der Waals surface area contributed by atoms with E-state index in [-0.39, 0.29) is 17.9 Å². The minimum absolute atomic E-state index is 0.0109. The Labute approximate surface area is 99.0 Å². The van der Waals surface area contributed by atoms with Gasteiger partial charge < -0.3 is 0 Å². The van der Waals surface area contributed by atoms with Gasteiger partial charge in [0, 0.05) is 11.4 Å². The van der Waals surface area contributed by atoms with Crippen molar-refractivity contribution in [3.8, 4) is 0 Å². The summed E-state index contributed by atoms with van der Waals surface area (Å²) in [6, 6.07) is 7.94. The van der Waals surface area contributed by atoms with Crippen molar-refractivity contribution in [1.29, 1.82) is 0 Å². The lowest BCUT2D eigenvalue weighted by molar-refractivity contribution is 0.0983. The Hall–Kier alpha value is -0.910. The Morgan fingerprint density at radius 2 is 1.88 bits per heavy atom. The molecule has 0 saturated heterocycles. The lowest BCUT2D eigenvalue weighted by Gasteiger charge is -2.10. The lowest BCUT2D eigenvalue weighted by atomic mass is 10.1. The van der Waals surface area contributed by atoms with Crippen molar-refractivity contribution < 1.29 is 17.8 Å². The van der Waals surface area contributed by atoms with Crippen LogP contribution in [0.25, 0.3) is 0 Å². The molecular formula is C10H11ClO4S. The summed E-state index contributed by atoms with van der Waals surface area (Å²) in [6.07, 6.45) is -0.103. The zero-order valence-electron chi connectivity index (χ0n) is 8.34. The van der Waals surface area contributed by atoms with E-state index in [2.05, 4.69) is 0 Å². The molecule has 0 saturated carbocycles. The fourth-order valence-corrected chi connectivity index (χ4v) is 2.47. The van der Waals surface area contributed by atoms with Gasteiger partial charge in [-0.2, -0.15) is 8.42 Å². The lowest BCUT2D eigenvalue weighted by Crippen LogP contribution is -2.30. The van der Waals surface area contributed by atoms with Crippen LogP contribution in [0.15, 0.2) is 30.3 Å². The van der Waals surface area contributed by atoms with Gasteiger partial charge in [-0.15, -0.1) is 11.6 Å². The van der Waals surface area contributed by atoms with Crippen LogP contribution in [0.1, 0.15) is 16.8 Å². The molecule has 1 rings (SSSR count). The molecule has 1 N–H and O–H groups in total. The number of Topliss-reactive ketones (excluding diaryl/α,β-unsaturated/α-hetero) is 1. The van der Waals surface area contributed by atoms with Gasteiger partial charge in [0.15, 0.2) is 11.0 Å². The van der Waals surface area contributed by atoms with Crippen LogP contribution in [0.5, 0.6) is 0 Å². The summed E-state index contributed by atoms with van der Waals surface area (Å²) < 4.78 is 31.0. The zero-order valence-corrected chi connectivity index (χ0v) is 9.91. The Morgan fingerprint density at radius 1 is 1.31 bits per heavy atom. The summed E-state index contributed by atoms with van der Waals surface area (Å²) >= 11 is 5.41. The van der Waals surface area contributed by atoms with Gasteiger partial charge in [0.1, 0.15) is 0 Å². The van der Waals surface area contributed by atoms with Crippen LogP contribution < -0.4 is 0 Å². The second-order valence-electron chi connectivity index (χ2n) is 3.21. The first-order chi connectivity index (χ1) is 7.46. The molecule has 0 radical (unpaired) electrons. The fourth-order valence-electron chi connectivity index (χ4n) is 1.30. The molecule has 0 bridgehead atoms. The second-order valence-corrected chi connectivity index (χ2v) is 5.19. The van der Waals surface area contributed by atoms with Gasteiger partial charge >= 0.3 is 0 Å². The first kappa shape index (κ1) is 13.2. The molecule has 0 aromatic heterocycles. The summed E-state index contributed by atoms with van der Waals surface area (Å²) in [6.45, 7) is 0. The number of benzene rings is 1. The predicted molar refractivity (Wildman–Crippen MR) is 61.4 cm³/mol. The number of ketones is 1. The summed E-state index contributed by atoms with van der Waals surface area (Å²) in [5, 5.41) is -1.48. The smallest absolute Gasteiger partial charge is 0.275 e. The Bertz CT molecular complexity index is 455. The molecule has 1 aromatic rings. The molecule has 4 nitrogen and oxygen atoms in total. The van der Waals surface area contributed by atoms with Crippen LogP contribution in [0, 0.1) is 0 Å². The van der Waals surface area contributed by atoms with E-state index in [1.807, 2.05) is 0 Å². The van der Waals surface area contributed by atoms with Gasteiger partial charge in [-0.3, -0.25) is 9.35 Å². The number of carbonyl (C=O) groups is 1. The Morgan fingerprint density at radius 3 is 2.31 bits per heavy atom. The number of alkyl halides is 1. The number of hydrogen-bond donors (Lipinski definition) is 1. The number of carbonyl (C=O) groups excluding carboxylic acids is 1. The van der Waals surface area contributed by atoms with Gasteiger partial charge in [-0.1, -0.05) is 30.3 Å². The molecule has 16 heavy (non-hydrogen) atoms. The summed E-state index contributed by atoms with van der Waals surface area (Å²) in [5.74, 6) is -0.646. The monoisotopic (exact) mass is 262 g/mol. The standard InChI is InChI=1S/C10H11ClO4S/c11-7-6-9(16(13,14)15)10(12)8-4-2-1-3-5-8/h1-5,9H,6-7H2,(H,13,14,15).